The van der Waals surface area contributed by atoms with Gasteiger partial charge >= 0.3 is 0 Å². The molecule has 0 amide bonds. The first kappa shape index (κ1) is 21.5. The molecular weight excluding hydrogens is 343 g/mol. The molecule has 0 bridgehead atoms. The van der Waals surface area contributed by atoms with Gasteiger partial charge in [0.25, 0.3) is 0 Å². The molecule has 1 saturated heterocycles. The first-order valence-electron chi connectivity index (χ1n) is 10.3. The predicted molar refractivity (Wildman–Crippen MR) is 110 cm³/mol. The van der Waals surface area contributed by atoms with E-state index in [0.29, 0.717) is 6.54 Å². The molecule has 0 saturated carbocycles. The van der Waals surface area contributed by atoms with Crippen LogP contribution in [0.2, 0.25) is 0 Å². The summed E-state index contributed by atoms with van der Waals surface area (Å²) in [4.78, 5) is 7.11. The predicted octanol–water partition coefficient (Wildman–Crippen LogP) is 3.27. The van der Waals surface area contributed by atoms with E-state index in [9.17, 15) is 4.39 Å². The standard InChI is InChI=1S/C21H35FN4O/c1-4-23-21(24-13-10-18-11-14-26(5-2)15-12-18)25-16-17(3)27-20-9-7-6-8-19(20)22/h6-9,17-18H,4-5,10-16H2,1-3H3,(H2,23,24,25). The van der Waals surface area contributed by atoms with Crippen molar-refractivity contribution in [2.45, 2.75) is 46.1 Å². The van der Waals surface area contributed by atoms with Crippen LogP contribution in [-0.4, -0.2) is 56.2 Å². The van der Waals surface area contributed by atoms with Crippen LogP contribution in [0.4, 0.5) is 4.39 Å². The molecule has 152 valence electrons. The minimum atomic E-state index is -0.340. The van der Waals surface area contributed by atoms with E-state index < -0.39 is 0 Å². The average molecular weight is 379 g/mol. The third-order valence-corrected chi connectivity index (χ3v) is 5.01. The van der Waals surface area contributed by atoms with Gasteiger partial charge in [0.2, 0.25) is 0 Å². The highest BCUT2D eigenvalue weighted by Crippen LogP contribution is 2.19. The van der Waals surface area contributed by atoms with Gasteiger partial charge in [-0.15, -0.1) is 0 Å². The largest absolute Gasteiger partial charge is 0.486 e. The molecular formula is C21H35FN4O. The molecule has 0 spiro atoms. The summed E-state index contributed by atoms with van der Waals surface area (Å²) < 4.78 is 19.3. The Balaban J connectivity index is 1.74. The Bertz CT molecular complexity index is 573. The molecule has 1 aliphatic heterocycles. The molecule has 6 heteroatoms. The zero-order valence-corrected chi connectivity index (χ0v) is 17.0. The maximum Gasteiger partial charge on any atom is 0.191 e. The molecule has 1 fully saturated rings. The molecule has 0 aliphatic carbocycles. The first-order valence-corrected chi connectivity index (χ1v) is 10.3. The number of guanidine groups is 1. The normalized spacial score (nSPS) is 17.6. The van der Waals surface area contributed by atoms with E-state index in [1.165, 1.54) is 38.4 Å². The lowest BCUT2D eigenvalue weighted by molar-refractivity contribution is 0.187. The fraction of sp³-hybridized carbons (Fsp3) is 0.667. The van der Waals surface area contributed by atoms with Crippen molar-refractivity contribution in [3.05, 3.63) is 30.1 Å². The molecule has 0 radical (unpaired) electrons. The molecule has 1 heterocycles. The van der Waals surface area contributed by atoms with E-state index in [2.05, 4.69) is 34.4 Å². The van der Waals surface area contributed by atoms with Gasteiger partial charge < -0.3 is 20.3 Å². The summed E-state index contributed by atoms with van der Waals surface area (Å²) in [6.45, 7) is 12.0. The Morgan fingerprint density at radius 3 is 2.67 bits per heavy atom. The number of likely N-dealkylation sites (tertiary alicyclic amines) is 1. The molecule has 1 aromatic rings. The van der Waals surface area contributed by atoms with Crippen molar-refractivity contribution < 1.29 is 9.13 Å². The number of ether oxygens (including phenoxy) is 1. The van der Waals surface area contributed by atoms with Crippen LogP contribution in [0.5, 0.6) is 5.75 Å². The summed E-state index contributed by atoms with van der Waals surface area (Å²) in [6.07, 6.45) is 3.55. The van der Waals surface area contributed by atoms with Crippen molar-refractivity contribution in [1.29, 1.82) is 0 Å². The number of rotatable bonds is 9. The van der Waals surface area contributed by atoms with Crippen LogP contribution in [0.3, 0.4) is 0 Å². The maximum absolute atomic E-state index is 13.7. The molecule has 5 nitrogen and oxygen atoms in total. The molecule has 1 aliphatic rings. The number of hydrogen-bond donors (Lipinski definition) is 2. The third-order valence-electron chi connectivity index (χ3n) is 5.01. The minimum absolute atomic E-state index is 0.198. The summed E-state index contributed by atoms with van der Waals surface area (Å²) in [5.74, 6) is 1.53. The van der Waals surface area contributed by atoms with Gasteiger partial charge in [0, 0.05) is 13.1 Å². The Labute approximate surface area is 163 Å². The van der Waals surface area contributed by atoms with Crippen molar-refractivity contribution in [3.63, 3.8) is 0 Å². The summed E-state index contributed by atoms with van der Waals surface area (Å²) in [6, 6.07) is 6.47. The molecule has 27 heavy (non-hydrogen) atoms. The SMILES string of the molecule is CCNC(=NCC(C)Oc1ccccc1F)NCCC1CCN(CC)CC1. The number of halogens is 1. The van der Waals surface area contributed by atoms with Crippen LogP contribution in [0, 0.1) is 11.7 Å². The molecule has 1 aromatic carbocycles. The van der Waals surface area contributed by atoms with Gasteiger partial charge in [-0.3, -0.25) is 0 Å². The first-order chi connectivity index (χ1) is 13.1. The van der Waals surface area contributed by atoms with Gasteiger partial charge in [0.05, 0.1) is 6.54 Å². The third kappa shape index (κ3) is 7.75. The number of aliphatic imine (C=N–C) groups is 1. The van der Waals surface area contributed by atoms with E-state index in [0.717, 1.165) is 31.5 Å². The number of benzene rings is 1. The second kappa shape index (κ2) is 11.8. The molecule has 0 aromatic heterocycles. The maximum atomic E-state index is 13.7. The topological polar surface area (TPSA) is 48.9 Å². The van der Waals surface area contributed by atoms with Crippen molar-refractivity contribution in [3.8, 4) is 5.75 Å². The van der Waals surface area contributed by atoms with Gasteiger partial charge in [-0.1, -0.05) is 19.1 Å². The van der Waals surface area contributed by atoms with E-state index in [4.69, 9.17) is 4.74 Å². The van der Waals surface area contributed by atoms with Crippen LogP contribution in [-0.2, 0) is 0 Å². The second-order valence-electron chi connectivity index (χ2n) is 7.17. The van der Waals surface area contributed by atoms with E-state index in [1.807, 2.05) is 6.92 Å². The van der Waals surface area contributed by atoms with Gasteiger partial charge in [0.1, 0.15) is 6.10 Å². The van der Waals surface area contributed by atoms with Crippen molar-refractivity contribution >= 4 is 5.96 Å². The van der Waals surface area contributed by atoms with Crippen LogP contribution in [0.1, 0.15) is 40.0 Å². The van der Waals surface area contributed by atoms with Gasteiger partial charge in [-0.05, 0) is 70.8 Å². The van der Waals surface area contributed by atoms with Gasteiger partial charge in [0.15, 0.2) is 17.5 Å². The quantitative estimate of drug-likeness (QED) is 0.511. The number of nitrogens with zero attached hydrogens (tertiary/aromatic N) is 2. The average Bonchev–Trinajstić information content (AvgIpc) is 2.68. The number of nitrogens with one attached hydrogen (secondary N) is 2. The Morgan fingerprint density at radius 2 is 2.00 bits per heavy atom. The monoisotopic (exact) mass is 378 g/mol. The van der Waals surface area contributed by atoms with E-state index in [1.54, 1.807) is 18.2 Å². The van der Waals surface area contributed by atoms with Crippen LogP contribution >= 0.6 is 0 Å². The Hall–Kier alpha value is -1.82. The minimum Gasteiger partial charge on any atom is -0.486 e. The lowest BCUT2D eigenvalue weighted by Crippen LogP contribution is -2.40. The van der Waals surface area contributed by atoms with Crippen LogP contribution in [0.15, 0.2) is 29.3 Å². The summed E-state index contributed by atoms with van der Waals surface area (Å²) >= 11 is 0. The number of piperidine rings is 1. The highest BCUT2D eigenvalue weighted by molar-refractivity contribution is 5.79. The zero-order chi connectivity index (χ0) is 19.5. The fourth-order valence-electron chi connectivity index (χ4n) is 3.34. The Kier molecular flexibility index (Phi) is 9.39. The lowest BCUT2D eigenvalue weighted by Gasteiger charge is -2.31. The van der Waals surface area contributed by atoms with Crippen molar-refractivity contribution in [1.82, 2.24) is 15.5 Å². The molecule has 2 rings (SSSR count). The lowest BCUT2D eigenvalue weighted by atomic mass is 9.93. The zero-order valence-electron chi connectivity index (χ0n) is 17.0. The molecule has 1 unspecified atom stereocenters. The fourth-order valence-corrected chi connectivity index (χ4v) is 3.34. The van der Waals surface area contributed by atoms with Crippen molar-refractivity contribution in [2.75, 3.05) is 39.3 Å². The van der Waals surface area contributed by atoms with Gasteiger partial charge in [-0.2, -0.15) is 0 Å². The highest BCUT2D eigenvalue weighted by Gasteiger charge is 2.17. The van der Waals surface area contributed by atoms with E-state index in [-0.39, 0.29) is 17.7 Å². The van der Waals surface area contributed by atoms with Gasteiger partial charge in [-0.25, -0.2) is 9.38 Å². The summed E-state index contributed by atoms with van der Waals surface area (Å²) in [5, 5.41) is 6.69. The van der Waals surface area contributed by atoms with E-state index >= 15 is 0 Å². The smallest absolute Gasteiger partial charge is 0.191 e. The van der Waals surface area contributed by atoms with Crippen molar-refractivity contribution in [2.24, 2.45) is 10.9 Å². The summed E-state index contributed by atoms with van der Waals surface area (Å²) in [7, 11) is 0. The Morgan fingerprint density at radius 1 is 1.26 bits per heavy atom. The highest BCUT2D eigenvalue weighted by atomic mass is 19.1. The molecule has 1 atom stereocenters. The number of para-hydroxylation sites is 1. The molecule has 2 N–H and O–H groups in total. The number of hydrogen-bond acceptors (Lipinski definition) is 3. The second-order valence-corrected chi connectivity index (χ2v) is 7.17. The van der Waals surface area contributed by atoms with Crippen LogP contribution < -0.4 is 15.4 Å². The van der Waals surface area contributed by atoms with Crippen LogP contribution in [0.25, 0.3) is 0 Å². The summed E-state index contributed by atoms with van der Waals surface area (Å²) in [5.41, 5.74) is 0.